The Morgan fingerprint density at radius 1 is 0.191 bits per heavy atom. The molecule has 0 radical (unpaired) electrons. The number of benzene rings is 10. The number of nitrogens with zero attached hydrogens (tertiary/aromatic N) is 4. The first-order chi connectivity index (χ1) is 33.6. The van der Waals surface area contributed by atoms with E-state index in [2.05, 4.69) is 300 Å². The predicted molar refractivity (Wildman–Crippen MR) is 291 cm³/mol. The van der Waals surface area contributed by atoms with Gasteiger partial charge in [0, 0.05) is 68.2 Å². The molecule has 10 aromatic carbocycles. The summed E-state index contributed by atoms with van der Waals surface area (Å²) in [6.07, 6.45) is 3.75. The third kappa shape index (κ3) is 9.21. The van der Waals surface area contributed by atoms with Gasteiger partial charge in [-0.3, -0.25) is 0 Å². The van der Waals surface area contributed by atoms with Crippen LogP contribution >= 0.6 is 0 Å². The molecule has 0 aliphatic heterocycles. The van der Waals surface area contributed by atoms with Gasteiger partial charge in [-0.05, 0) is 168 Å². The van der Waals surface area contributed by atoms with Crippen LogP contribution in [0.5, 0.6) is 0 Å². The zero-order chi connectivity index (χ0) is 46.1. The Kier molecular flexibility index (Phi) is 12.6. The molecule has 326 valence electrons. The number of hydrogen-bond donors (Lipinski definition) is 0. The highest BCUT2D eigenvalue weighted by Crippen LogP contribution is 2.42. The van der Waals surface area contributed by atoms with Crippen molar-refractivity contribution in [3.05, 3.63) is 291 Å². The molecule has 0 saturated heterocycles. The molecule has 0 heterocycles. The number of para-hydroxylation sites is 4. The van der Waals surface area contributed by atoms with Gasteiger partial charge in [0.15, 0.2) is 0 Å². The van der Waals surface area contributed by atoms with Crippen LogP contribution in [-0.4, -0.2) is 0 Å². The maximum absolute atomic E-state index is 3.95. The number of rotatable bonds is 15. The summed E-state index contributed by atoms with van der Waals surface area (Å²) >= 11 is 0. The first-order valence-corrected chi connectivity index (χ1v) is 22.9. The normalized spacial score (nSPS) is 10.8. The maximum atomic E-state index is 3.95. The van der Waals surface area contributed by atoms with Crippen molar-refractivity contribution in [2.45, 2.75) is 0 Å². The van der Waals surface area contributed by atoms with Gasteiger partial charge in [-0.2, -0.15) is 0 Å². The summed E-state index contributed by atoms with van der Waals surface area (Å²) in [5.74, 6) is 0. The SMILES string of the molecule is C=Cc1ccc(N(c2ccccc2)c2ccc(N(c3ccccc3)c3ccc(-c4ccc(N(c5ccccc5)c5ccc(N(c6ccccc6)c6ccc(C=C)cc6)cc5)cc4)cc3)cc2)cc1. The van der Waals surface area contributed by atoms with Crippen molar-refractivity contribution < 1.29 is 0 Å². The predicted octanol–water partition coefficient (Wildman–Crippen LogP) is 18.5. The van der Waals surface area contributed by atoms with Crippen LogP contribution in [0.15, 0.2) is 280 Å². The van der Waals surface area contributed by atoms with Gasteiger partial charge in [0.2, 0.25) is 0 Å². The van der Waals surface area contributed by atoms with Crippen LogP contribution in [0.2, 0.25) is 0 Å². The van der Waals surface area contributed by atoms with Crippen LogP contribution < -0.4 is 19.6 Å². The fourth-order valence-corrected chi connectivity index (χ4v) is 8.72. The van der Waals surface area contributed by atoms with Gasteiger partial charge in [-0.25, -0.2) is 0 Å². The zero-order valence-corrected chi connectivity index (χ0v) is 37.8. The molecule has 0 aliphatic rings. The van der Waals surface area contributed by atoms with Gasteiger partial charge in [-0.1, -0.05) is 147 Å². The van der Waals surface area contributed by atoms with Crippen molar-refractivity contribution in [1.29, 1.82) is 0 Å². The maximum Gasteiger partial charge on any atom is 0.0463 e. The monoisotopic (exact) mass is 874 g/mol. The van der Waals surface area contributed by atoms with E-state index in [-0.39, 0.29) is 0 Å². The van der Waals surface area contributed by atoms with Gasteiger partial charge >= 0.3 is 0 Å². The van der Waals surface area contributed by atoms with E-state index in [9.17, 15) is 0 Å². The Labute approximate surface area is 400 Å². The van der Waals surface area contributed by atoms with Crippen LogP contribution in [0, 0.1) is 0 Å². The van der Waals surface area contributed by atoms with Gasteiger partial charge < -0.3 is 19.6 Å². The Bertz CT molecular complexity index is 2970. The molecular formula is C64H50N4. The third-order valence-corrected chi connectivity index (χ3v) is 12.1. The Morgan fingerprint density at radius 2 is 0.353 bits per heavy atom. The lowest BCUT2D eigenvalue weighted by molar-refractivity contribution is 1.25. The summed E-state index contributed by atoms with van der Waals surface area (Å²) < 4.78 is 0. The Balaban J connectivity index is 0.930. The molecule has 10 rings (SSSR count). The summed E-state index contributed by atoms with van der Waals surface area (Å²) in [5.41, 5.74) is 17.4. The fraction of sp³-hybridized carbons (Fsp3) is 0. The van der Waals surface area contributed by atoms with Crippen molar-refractivity contribution >= 4 is 80.4 Å². The second kappa shape index (κ2) is 20.0. The lowest BCUT2D eigenvalue weighted by Crippen LogP contribution is -2.12. The summed E-state index contributed by atoms with van der Waals surface area (Å²) in [5, 5.41) is 0. The average molecular weight is 875 g/mol. The summed E-state index contributed by atoms with van der Waals surface area (Å²) in [4.78, 5) is 9.18. The van der Waals surface area contributed by atoms with Crippen molar-refractivity contribution in [2.24, 2.45) is 0 Å². The van der Waals surface area contributed by atoms with Crippen LogP contribution in [0.1, 0.15) is 11.1 Å². The van der Waals surface area contributed by atoms with E-state index >= 15 is 0 Å². The Morgan fingerprint density at radius 3 is 0.544 bits per heavy atom. The lowest BCUT2D eigenvalue weighted by Gasteiger charge is -2.28. The number of anilines is 12. The molecule has 4 heteroatoms. The van der Waals surface area contributed by atoms with E-state index in [1.165, 1.54) is 0 Å². The molecule has 4 nitrogen and oxygen atoms in total. The molecule has 0 atom stereocenters. The molecule has 0 bridgehead atoms. The lowest BCUT2D eigenvalue weighted by atomic mass is 10.0. The molecule has 0 amide bonds. The van der Waals surface area contributed by atoms with Gasteiger partial charge in [-0.15, -0.1) is 0 Å². The van der Waals surface area contributed by atoms with Crippen LogP contribution in [0.25, 0.3) is 23.3 Å². The van der Waals surface area contributed by atoms with E-state index in [0.717, 1.165) is 90.5 Å². The van der Waals surface area contributed by atoms with E-state index in [1.54, 1.807) is 0 Å². The molecule has 0 unspecified atom stereocenters. The van der Waals surface area contributed by atoms with Gasteiger partial charge in [0.05, 0.1) is 0 Å². The molecule has 0 aliphatic carbocycles. The van der Waals surface area contributed by atoms with E-state index in [4.69, 9.17) is 0 Å². The first kappa shape index (κ1) is 42.8. The minimum Gasteiger partial charge on any atom is -0.311 e. The minimum absolute atomic E-state index is 1.07. The van der Waals surface area contributed by atoms with Crippen LogP contribution in [-0.2, 0) is 0 Å². The van der Waals surface area contributed by atoms with Gasteiger partial charge in [0.1, 0.15) is 0 Å². The standard InChI is InChI=1S/C64H50N4/c1-3-49-25-33-57(34-26-49)65(53-17-9-5-10-18-53)61-41-45-63(46-42-61)67(55-21-13-7-14-22-55)59-37-29-51(30-38-59)52-31-39-60(40-32-52)68(56-23-15-8-16-24-56)64-47-43-62(44-48-64)66(54-19-11-6-12-20-54)58-35-27-50(4-2)28-36-58/h3-48H,1-2H2. The highest BCUT2D eigenvalue weighted by atomic mass is 15.2. The molecule has 0 N–H and O–H groups in total. The largest absolute Gasteiger partial charge is 0.311 e. The highest BCUT2D eigenvalue weighted by Gasteiger charge is 2.18. The average Bonchev–Trinajstić information content (AvgIpc) is 3.42. The molecular weight excluding hydrogens is 825 g/mol. The molecule has 10 aromatic rings. The first-order valence-electron chi connectivity index (χ1n) is 22.9. The summed E-state index contributed by atoms with van der Waals surface area (Å²) in [6.45, 7) is 7.89. The second-order valence-electron chi connectivity index (χ2n) is 16.4. The van der Waals surface area contributed by atoms with Crippen LogP contribution in [0.4, 0.5) is 68.2 Å². The molecule has 0 aromatic heterocycles. The van der Waals surface area contributed by atoms with E-state index < -0.39 is 0 Å². The van der Waals surface area contributed by atoms with Gasteiger partial charge in [0.25, 0.3) is 0 Å². The Hall–Kier alpha value is -9.12. The zero-order valence-electron chi connectivity index (χ0n) is 37.8. The molecule has 0 fully saturated rings. The van der Waals surface area contributed by atoms with Crippen molar-refractivity contribution in [2.75, 3.05) is 19.6 Å². The van der Waals surface area contributed by atoms with Crippen LogP contribution in [0.3, 0.4) is 0 Å². The quantitative estimate of drug-likeness (QED) is 0.102. The second-order valence-corrected chi connectivity index (χ2v) is 16.4. The number of hydrogen-bond acceptors (Lipinski definition) is 4. The molecule has 0 spiro atoms. The molecule has 0 saturated carbocycles. The fourth-order valence-electron chi connectivity index (χ4n) is 8.72. The van der Waals surface area contributed by atoms with E-state index in [1.807, 2.05) is 12.2 Å². The van der Waals surface area contributed by atoms with Crippen molar-refractivity contribution in [3.8, 4) is 11.1 Å². The minimum atomic E-state index is 1.07. The smallest absolute Gasteiger partial charge is 0.0463 e. The van der Waals surface area contributed by atoms with E-state index in [0.29, 0.717) is 0 Å². The molecule has 68 heavy (non-hydrogen) atoms. The summed E-state index contributed by atoms with van der Waals surface area (Å²) in [7, 11) is 0. The third-order valence-electron chi connectivity index (χ3n) is 12.1. The topological polar surface area (TPSA) is 13.0 Å². The van der Waals surface area contributed by atoms with Crippen molar-refractivity contribution in [1.82, 2.24) is 0 Å². The summed E-state index contributed by atoms with van der Waals surface area (Å²) in [6, 6.07) is 94.5. The highest BCUT2D eigenvalue weighted by molar-refractivity contribution is 5.85. The van der Waals surface area contributed by atoms with Crippen molar-refractivity contribution in [3.63, 3.8) is 0 Å².